The smallest absolute Gasteiger partial charge is 0.356 e. The van der Waals surface area contributed by atoms with E-state index >= 15 is 0 Å². The van der Waals surface area contributed by atoms with E-state index in [2.05, 4.69) is 9.88 Å². The Morgan fingerprint density at radius 2 is 1.95 bits per heavy atom. The third-order valence-corrected chi connectivity index (χ3v) is 3.38. The number of hydrogen-bond donors (Lipinski definition) is 1. The van der Waals surface area contributed by atoms with Crippen LogP contribution in [0, 0.1) is 0 Å². The first-order chi connectivity index (χ1) is 8.98. The second kappa shape index (κ2) is 5.77. The van der Waals surface area contributed by atoms with E-state index in [1.54, 1.807) is 18.3 Å². The van der Waals surface area contributed by atoms with E-state index in [-0.39, 0.29) is 6.42 Å². The second-order valence-corrected chi connectivity index (χ2v) is 4.89. The zero-order chi connectivity index (χ0) is 13.9. The SMILES string of the molecule is NC(Cc1cccnc1N1CCCCC1)C(F)(F)F. The van der Waals surface area contributed by atoms with Gasteiger partial charge in [0.2, 0.25) is 0 Å². The second-order valence-electron chi connectivity index (χ2n) is 4.89. The van der Waals surface area contributed by atoms with Crippen molar-refractivity contribution in [2.75, 3.05) is 18.0 Å². The molecule has 0 spiro atoms. The van der Waals surface area contributed by atoms with Gasteiger partial charge in [0.05, 0.1) is 0 Å². The van der Waals surface area contributed by atoms with Crippen molar-refractivity contribution in [1.29, 1.82) is 0 Å². The molecule has 1 aromatic rings. The number of nitrogens with two attached hydrogens (primary N) is 1. The molecule has 0 aromatic carbocycles. The summed E-state index contributed by atoms with van der Waals surface area (Å²) in [5.41, 5.74) is 5.79. The Morgan fingerprint density at radius 1 is 1.26 bits per heavy atom. The van der Waals surface area contributed by atoms with Gasteiger partial charge in [0.25, 0.3) is 0 Å². The van der Waals surface area contributed by atoms with Gasteiger partial charge in [-0.2, -0.15) is 13.2 Å². The molecular formula is C13H18F3N3. The van der Waals surface area contributed by atoms with Crippen molar-refractivity contribution < 1.29 is 13.2 Å². The number of anilines is 1. The van der Waals surface area contributed by atoms with Gasteiger partial charge in [-0.15, -0.1) is 0 Å². The topological polar surface area (TPSA) is 42.1 Å². The highest BCUT2D eigenvalue weighted by Gasteiger charge is 2.37. The summed E-state index contributed by atoms with van der Waals surface area (Å²) in [5.74, 6) is 0.655. The molecule has 1 fully saturated rings. The predicted molar refractivity (Wildman–Crippen MR) is 68.0 cm³/mol. The first-order valence-electron chi connectivity index (χ1n) is 6.49. The van der Waals surface area contributed by atoms with Crippen molar-refractivity contribution in [1.82, 2.24) is 4.98 Å². The average molecular weight is 273 g/mol. The molecule has 1 saturated heterocycles. The Hall–Kier alpha value is -1.30. The third-order valence-electron chi connectivity index (χ3n) is 3.38. The number of rotatable bonds is 3. The van der Waals surface area contributed by atoms with Crippen molar-refractivity contribution in [2.45, 2.75) is 37.9 Å². The molecule has 2 heterocycles. The quantitative estimate of drug-likeness (QED) is 0.920. The number of hydrogen-bond acceptors (Lipinski definition) is 3. The monoisotopic (exact) mass is 273 g/mol. The number of piperidine rings is 1. The van der Waals surface area contributed by atoms with E-state index in [1.165, 1.54) is 6.42 Å². The zero-order valence-corrected chi connectivity index (χ0v) is 10.7. The fourth-order valence-electron chi connectivity index (χ4n) is 2.33. The molecule has 1 aliphatic heterocycles. The Bertz CT molecular complexity index is 414. The largest absolute Gasteiger partial charge is 0.403 e. The van der Waals surface area contributed by atoms with Crippen LogP contribution in [0.2, 0.25) is 0 Å². The highest BCUT2D eigenvalue weighted by atomic mass is 19.4. The van der Waals surface area contributed by atoms with Gasteiger partial charge in [-0.1, -0.05) is 6.07 Å². The maximum atomic E-state index is 12.5. The van der Waals surface area contributed by atoms with E-state index in [0.29, 0.717) is 11.4 Å². The van der Waals surface area contributed by atoms with Gasteiger partial charge in [-0.05, 0) is 37.3 Å². The number of pyridine rings is 1. The van der Waals surface area contributed by atoms with Gasteiger partial charge in [0.15, 0.2) is 0 Å². The number of alkyl halides is 3. The molecule has 1 atom stereocenters. The van der Waals surface area contributed by atoms with E-state index in [9.17, 15) is 13.2 Å². The molecule has 0 aliphatic carbocycles. The summed E-state index contributed by atoms with van der Waals surface area (Å²) in [7, 11) is 0. The molecule has 3 nitrogen and oxygen atoms in total. The third kappa shape index (κ3) is 3.59. The van der Waals surface area contributed by atoms with Crippen LogP contribution in [0.3, 0.4) is 0 Å². The number of aromatic nitrogens is 1. The lowest BCUT2D eigenvalue weighted by Gasteiger charge is -2.30. The van der Waals surface area contributed by atoms with Gasteiger partial charge in [0.1, 0.15) is 11.9 Å². The minimum Gasteiger partial charge on any atom is -0.356 e. The van der Waals surface area contributed by atoms with E-state index in [1.807, 2.05) is 0 Å². The van der Waals surface area contributed by atoms with Crippen LogP contribution >= 0.6 is 0 Å². The Kier molecular flexibility index (Phi) is 4.29. The van der Waals surface area contributed by atoms with Crippen LogP contribution in [0.25, 0.3) is 0 Å². The minimum atomic E-state index is -4.37. The molecule has 1 aliphatic rings. The first-order valence-corrected chi connectivity index (χ1v) is 6.49. The van der Waals surface area contributed by atoms with Crippen molar-refractivity contribution in [3.8, 4) is 0 Å². The molecule has 0 amide bonds. The van der Waals surface area contributed by atoms with Crippen LogP contribution in [-0.2, 0) is 6.42 Å². The van der Waals surface area contributed by atoms with Crippen LogP contribution in [0.15, 0.2) is 18.3 Å². The fraction of sp³-hybridized carbons (Fsp3) is 0.615. The van der Waals surface area contributed by atoms with Gasteiger partial charge in [0, 0.05) is 19.3 Å². The van der Waals surface area contributed by atoms with E-state index in [4.69, 9.17) is 5.73 Å². The lowest BCUT2D eigenvalue weighted by atomic mass is 10.0. The summed E-state index contributed by atoms with van der Waals surface area (Å²) >= 11 is 0. The highest BCUT2D eigenvalue weighted by Crippen LogP contribution is 2.26. The highest BCUT2D eigenvalue weighted by molar-refractivity contribution is 5.47. The Labute approximate surface area is 110 Å². The average Bonchev–Trinajstić information content (AvgIpc) is 2.39. The van der Waals surface area contributed by atoms with Gasteiger partial charge in [-0.3, -0.25) is 0 Å². The maximum absolute atomic E-state index is 12.5. The molecule has 1 unspecified atom stereocenters. The molecular weight excluding hydrogens is 255 g/mol. The number of halogens is 3. The molecule has 106 valence electrons. The van der Waals surface area contributed by atoms with Crippen molar-refractivity contribution >= 4 is 5.82 Å². The lowest BCUT2D eigenvalue weighted by Crippen LogP contribution is -2.40. The van der Waals surface area contributed by atoms with Gasteiger partial charge >= 0.3 is 6.18 Å². The van der Waals surface area contributed by atoms with E-state index < -0.39 is 12.2 Å². The molecule has 2 rings (SSSR count). The van der Waals surface area contributed by atoms with Crippen molar-refractivity contribution in [3.05, 3.63) is 23.9 Å². The summed E-state index contributed by atoms with van der Waals surface area (Å²) in [6, 6.07) is 1.51. The first kappa shape index (κ1) is 14.1. The van der Waals surface area contributed by atoms with Crippen molar-refractivity contribution in [3.63, 3.8) is 0 Å². The fourth-order valence-corrected chi connectivity index (χ4v) is 2.33. The van der Waals surface area contributed by atoms with Gasteiger partial charge < -0.3 is 10.6 Å². The molecule has 0 radical (unpaired) electrons. The standard InChI is InChI=1S/C13H18F3N3/c14-13(15,16)11(17)9-10-5-4-6-18-12(10)19-7-2-1-3-8-19/h4-6,11H,1-3,7-9,17H2. The summed E-state index contributed by atoms with van der Waals surface area (Å²) in [5, 5.41) is 0. The van der Waals surface area contributed by atoms with Crippen LogP contribution < -0.4 is 10.6 Å². The van der Waals surface area contributed by atoms with Crippen LogP contribution in [0.4, 0.5) is 19.0 Å². The normalized spacial score (nSPS) is 18.4. The predicted octanol–water partition coefficient (Wildman–Crippen LogP) is 2.50. The zero-order valence-electron chi connectivity index (χ0n) is 10.7. The van der Waals surface area contributed by atoms with Crippen LogP contribution in [0.5, 0.6) is 0 Å². The summed E-state index contributed by atoms with van der Waals surface area (Å²) in [6.07, 6.45) is 0.314. The Balaban J connectivity index is 2.16. The number of nitrogens with zero attached hydrogens (tertiary/aromatic N) is 2. The molecule has 2 N–H and O–H groups in total. The molecule has 6 heteroatoms. The lowest BCUT2D eigenvalue weighted by molar-refractivity contribution is -0.147. The van der Waals surface area contributed by atoms with E-state index in [0.717, 1.165) is 25.9 Å². The molecule has 19 heavy (non-hydrogen) atoms. The molecule has 1 aromatic heterocycles. The van der Waals surface area contributed by atoms with Gasteiger partial charge in [-0.25, -0.2) is 4.98 Å². The van der Waals surface area contributed by atoms with Crippen LogP contribution in [0.1, 0.15) is 24.8 Å². The summed E-state index contributed by atoms with van der Waals surface area (Å²) < 4.78 is 37.6. The van der Waals surface area contributed by atoms with Crippen LogP contribution in [-0.4, -0.2) is 30.3 Å². The summed E-state index contributed by atoms with van der Waals surface area (Å²) in [6.45, 7) is 1.70. The minimum absolute atomic E-state index is 0.219. The molecule has 0 saturated carbocycles. The Morgan fingerprint density at radius 3 is 2.58 bits per heavy atom. The summed E-state index contributed by atoms with van der Waals surface area (Å²) in [4.78, 5) is 6.30. The maximum Gasteiger partial charge on any atom is 0.403 e. The van der Waals surface area contributed by atoms with Crippen molar-refractivity contribution in [2.24, 2.45) is 5.73 Å². The molecule has 0 bridgehead atoms.